The van der Waals surface area contributed by atoms with Crippen LogP contribution in [0.2, 0.25) is 39.3 Å². The van der Waals surface area contributed by atoms with Crippen molar-refractivity contribution in [2.24, 2.45) is 17.3 Å². The average Bonchev–Trinajstić information content (AvgIpc) is 2.85. The smallest absolute Gasteiger partial charge is 0.404 e. The molecule has 3 nitrogen and oxygen atoms in total. The van der Waals surface area contributed by atoms with Gasteiger partial charge in [0, 0.05) is 5.94 Å². The lowest BCUT2D eigenvalue weighted by Gasteiger charge is -2.64. The topological polar surface area (TPSA) is 21.7 Å². The summed E-state index contributed by atoms with van der Waals surface area (Å²) in [6, 6.07) is 0. The largest absolute Gasteiger partial charge is 0.474 e. The molecular formula is C21H44BNO2Si2. The average molecular weight is 410 g/mol. The molecule has 0 aromatic carbocycles. The maximum atomic E-state index is 6.95. The van der Waals surface area contributed by atoms with Crippen molar-refractivity contribution in [3.05, 3.63) is 0 Å². The minimum Gasteiger partial charge on any atom is -0.404 e. The van der Waals surface area contributed by atoms with E-state index in [1.54, 1.807) is 0 Å². The molecule has 0 aromatic heterocycles. The Morgan fingerprint density at radius 1 is 1.04 bits per heavy atom. The second-order valence-corrected chi connectivity index (χ2v) is 22.4. The van der Waals surface area contributed by atoms with Crippen LogP contribution >= 0.6 is 0 Å². The summed E-state index contributed by atoms with van der Waals surface area (Å²) in [5.74, 6) is 1.89. The van der Waals surface area contributed by atoms with E-state index < -0.39 is 16.5 Å². The Bertz CT molecular complexity index is 545. The van der Waals surface area contributed by atoms with Gasteiger partial charge in [0.15, 0.2) is 0 Å². The predicted molar refractivity (Wildman–Crippen MR) is 122 cm³/mol. The van der Waals surface area contributed by atoms with Crippen molar-refractivity contribution in [3.63, 3.8) is 0 Å². The first-order chi connectivity index (χ1) is 12.2. The van der Waals surface area contributed by atoms with E-state index in [0.29, 0.717) is 23.4 Å². The summed E-state index contributed by atoms with van der Waals surface area (Å²) >= 11 is 0. The molecule has 1 heterocycles. The Morgan fingerprint density at radius 3 is 2.11 bits per heavy atom. The van der Waals surface area contributed by atoms with Crippen molar-refractivity contribution in [1.82, 2.24) is 4.23 Å². The van der Waals surface area contributed by atoms with Gasteiger partial charge in [0.1, 0.15) is 16.5 Å². The molecule has 0 N–H and O–H groups in total. The van der Waals surface area contributed by atoms with E-state index in [9.17, 15) is 0 Å². The van der Waals surface area contributed by atoms with E-state index in [-0.39, 0.29) is 12.7 Å². The van der Waals surface area contributed by atoms with Gasteiger partial charge in [-0.3, -0.25) is 0 Å². The zero-order valence-electron chi connectivity index (χ0n) is 19.7. The maximum Gasteiger partial charge on any atom is 0.474 e. The van der Waals surface area contributed by atoms with Gasteiger partial charge in [0.2, 0.25) is 0 Å². The number of rotatable bonds is 7. The summed E-state index contributed by atoms with van der Waals surface area (Å²) in [7, 11) is -2.99. The van der Waals surface area contributed by atoms with Crippen molar-refractivity contribution in [2.75, 3.05) is 0 Å². The molecule has 0 aromatic rings. The third-order valence-electron chi connectivity index (χ3n) is 7.91. The molecule has 4 fully saturated rings. The quantitative estimate of drug-likeness (QED) is 0.497. The molecule has 156 valence electrons. The fourth-order valence-corrected chi connectivity index (χ4v) is 17.4. The van der Waals surface area contributed by atoms with Crippen LogP contribution in [0.1, 0.15) is 59.8 Å². The normalized spacial score (nSPS) is 36.6. The Kier molecular flexibility index (Phi) is 5.70. The minimum absolute atomic E-state index is 0.0415. The van der Waals surface area contributed by atoms with Crippen LogP contribution in [0.15, 0.2) is 0 Å². The summed E-state index contributed by atoms with van der Waals surface area (Å²) < 4.78 is 16.7. The monoisotopic (exact) mass is 409 g/mol. The highest BCUT2D eigenvalue weighted by Crippen LogP contribution is 2.65. The first-order valence-corrected chi connectivity index (χ1v) is 18.2. The van der Waals surface area contributed by atoms with Gasteiger partial charge in [0.25, 0.3) is 0 Å². The van der Waals surface area contributed by atoms with E-state index in [0.717, 1.165) is 5.92 Å². The Labute approximate surface area is 171 Å². The van der Waals surface area contributed by atoms with E-state index >= 15 is 0 Å². The SMILES string of the molecule is CCCC[C@H](B1O[C@@H]2C[C@@H]3C[C@@H](C3(C)C)[C@]2(C)O1)N([Si](C)(C)C)[Si](C)(C)C. The predicted octanol–water partition coefficient (Wildman–Crippen LogP) is 5.78. The fraction of sp³-hybridized carbons (Fsp3) is 1.00. The third kappa shape index (κ3) is 3.67. The Morgan fingerprint density at radius 2 is 1.63 bits per heavy atom. The summed E-state index contributed by atoms with van der Waals surface area (Å²) in [5.41, 5.74) is 0.331. The first kappa shape index (κ1) is 22.1. The molecule has 4 rings (SSSR count). The van der Waals surface area contributed by atoms with E-state index in [4.69, 9.17) is 9.31 Å². The molecule has 1 aliphatic heterocycles. The van der Waals surface area contributed by atoms with Crippen molar-refractivity contribution in [3.8, 4) is 0 Å². The highest BCUT2D eigenvalue weighted by molar-refractivity contribution is 6.90. The fourth-order valence-electron chi connectivity index (χ4n) is 6.86. The van der Waals surface area contributed by atoms with Gasteiger partial charge < -0.3 is 13.5 Å². The van der Waals surface area contributed by atoms with Gasteiger partial charge in [-0.1, -0.05) is 72.9 Å². The maximum absolute atomic E-state index is 6.95. The van der Waals surface area contributed by atoms with E-state index in [2.05, 4.69) is 71.2 Å². The summed E-state index contributed by atoms with van der Waals surface area (Å²) in [4.78, 5) is 0. The first-order valence-electron chi connectivity index (χ1n) is 11.4. The molecule has 0 amide bonds. The number of hydrogen-bond acceptors (Lipinski definition) is 3. The highest BCUT2D eigenvalue weighted by Gasteiger charge is 2.69. The molecule has 0 spiro atoms. The minimum atomic E-state index is -1.48. The van der Waals surface area contributed by atoms with E-state index in [1.165, 1.54) is 32.1 Å². The number of hydrogen-bond donors (Lipinski definition) is 0. The molecule has 0 unspecified atom stereocenters. The van der Waals surface area contributed by atoms with E-state index in [1.807, 2.05) is 0 Å². The second kappa shape index (κ2) is 6.97. The lowest BCUT2D eigenvalue weighted by molar-refractivity contribution is -0.199. The molecule has 5 atom stereocenters. The van der Waals surface area contributed by atoms with Gasteiger partial charge in [-0.25, -0.2) is 0 Å². The van der Waals surface area contributed by atoms with Crippen LogP contribution in [0.25, 0.3) is 0 Å². The molecule has 2 bridgehead atoms. The van der Waals surface area contributed by atoms with Crippen molar-refractivity contribution < 1.29 is 9.31 Å². The van der Waals surface area contributed by atoms with Crippen LogP contribution in [-0.4, -0.2) is 45.5 Å². The van der Waals surface area contributed by atoms with Gasteiger partial charge in [0.05, 0.1) is 11.7 Å². The zero-order chi connectivity index (χ0) is 20.4. The van der Waals surface area contributed by atoms with Gasteiger partial charge in [-0.15, -0.1) is 0 Å². The lowest BCUT2D eigenvalue weighted by atomic mass is 9.43. The molecule has 1 saturated heterocycles. The molecular weight excluding hydrogens is 365 g/mol. The third-order valence-corrected chi connectivity index (χ3v) is 15.5. The molecule has 4 aliphatic rings. The lowest BCUT2D eigenvalue weighted by Crippen LogP contribution is -2.67. The van der Waals surface area contributed by atoms with Gasteiger partial charge in [-0.05, 0) is 43.4 Å². The molecule has 3 saturated carbocycles. The standard InChI is InChI=1S/C21H44BNO2Si2/c1-11-12-13-19(23(26(5,6)7)27(8,9)10)22-24-18-15-16-14-17(20(16,2)3)21(18,4)25-22/h16-19H,11-15H2,1-10H3/t16-,17-,18+,19+,21-/m0/s1. The van der Waals surface area contributed by atoms with Crippen LogP contribution in [-0.2, 0) is 9.31 Å². The van der Waals surface area contributed by atoms with Crippen LogP contribution < -0.4 is 0 Å². The van der Waals surface area contributed by atoms with Crippen LogP contribution in [0.4, 0.5) is 0 Å². The van der Waals surface area contributed by atoms with Crippen LogP contribution in [0.3, 0.4) is 0 Å². The summed E-state index contributed by atoms with van der Waals surface area (Å²) in [6.45, 7) is 24.6. The summed E-state index contributed by atoms with van der Waals surface area (Å²) in [6.07, 6.45) is 6.54. The van der Waals surface area contributed by atoms with Crippen molar-refractivity contribution in [2.45, 2.75) is 117 Å². The second-order valence-electron chi connectivity index (χ2n) is 12.3. The Hall–Kier alpha value is 0.379. The molecule has 27 heavy (non-hydrogen) atoms. The summed E-state index contributed by atoms with van der Waals surface area (Å²) in [5, 5.41) is 0. The molecule has 6 heteroatoms. The van der Waals surface area contributed by atoms with Crippen molar-refractivity contribution in [1.29, 1.82) is 0 Å². The van der Waals surface area contributed by atoms with Gasteiger partial charge in [-0.2, -0.15) is 0 Å². The molecule has 3 aliphatic carbocycles. The number of nitrogens with zero attached hydrogens (tertiary/aromatic N) is 1. The van der Waals surface area contributed by atoms with Crippen LogP contribution in [0, 0.1) is 17.3 Å². The number of unbranched alkanes of at least 4 members (excludes halogenated alkanes) is 1. The van der Waals surface area contributed by atoms with Crippen LogP contribution in [0.5, 0.6) is 0 Å². The molecule has 0 radical (unpaired) electrons. The highest BCUT2D eigenvalue weighted by atomic mass is 28.4. The van der Waals surface area contributed by atoms with Gasteiger partial charge >= 0.3 is 7.12 Å². The Balaban J connectivity index is 1.89. The zero-order valence-corrected chi connectivity index (χ0v) is 21.7. The van der Waals surface area contributed by atoms with Crippen molar-refractivity contribution >= 4 is 23.6 Å².